The molecule has 3 aliphatic heterocycles. The number of nitrogens with one attached hydrogen (secondary N) is 6. The summed E-state index contributed by atoms with van der Waals surface area (Å²) in [6, 6.07) is 0.283. The van der Waals surface area contributed by atoms with Gasteiger partial charge < -0.3 is 68.5 Å². The first-order chi connectivity index (χ1) is 32.5. The monoisotopic (exact) mass is 958 g/mol. The second kappa shape index (κ2) is 28.9. The fraction of sp³-hybridized carbons (Fsp3) is 0.659. The van der Waals surface area contributed by atoms with Gasteiger partial charge in [0.05, 0.1) is 26.1 Å². The number of hydrogen-bond acceptors (Lipinski definition) is 14. The van der Waals surface area contributed by atoms with Gasteiger partial charge >= 0.3 is 11.9 Å². The quantitative estimate of drug-likeness (QED) is 0.0407. The maximum atomic E-state index is 14.1. The molecule has 3 heterocycles. The zero-order valence-electron chi connectivity index (χ0n) is 38.8. The van der Waals surface area contributed by atoms with E-state index < -0.39 is 78.6 Å². The number of nitrogens with zero attached hydrogens (tertiary/aromatic N) is 5. The molecule has 0 radical (unpaired) electrons. The van der Waals surface area contributed by atoms with Crippen molar-refractivity contribution in [3.63, 3.8) is 0 Å². The first-order valence-corrected chi connectivity index (χ1v) is 23.5. The Morgan fingerprint density at radius 2 is 1.18 bits per heavy atom. The Labute approximate surface area is 396 Å². The lowest BCUT2D eigenvalue weighted by atomic mass is 10.0. The second-order valence-electron chi connectivity index (χ2n) is 17.5. The third kappa shape index (κ3) is 20.8. The number of carbonyl (C=O) groups excluding carboxylic acids is 6. The molecule has 1 aromatic rings. The van der Waals surface area contributed by atoms with Crippen molar-refractivity contribution in [2.75, 3.05) is 98.2 Å². The Balaban J connectivity index is 1.44. The molecular formula is C44H71N13O11. The van der Waals surface area contributed by atoms with E-state index >= 15 is 0 Å². The van der Waals surface area contributed by atoms with E-state index in [9.17, 15) is 53.7 Å². The number of aliphatic imine (C=N–C) groups is 1. The van der Waals surface area contributed by atoms with Crippen LogP contribution in [0.25, 0.3) is 0 Å². The summed E-state index contributed by atoms with van der Waals surface area (Å²) in [5, 5.41) is 44.4. The topological polar surface area (TPSA) is 347 Å². The average Bonchev–Trinajstić information content (AvgIpc) is 3.35. The minimum atomic E-state index is -1.64. The van der Waals surface area contributed by atoms with Crippen LogP contribution in [0.2, 0.25) is 0 Å². The maximum absolute atomic E-state index is 14.1. The molecule has 3 aliphatic rings. The molecule has 0 spiro atoms. The lowest BCUT2D eigenvalue weighted by molar-refractivity contribution is -0.141. The summed E-state index contributed by atoms with van der Waals surface area (Å²) >= 11 is 0. The highest BCUT2D eigenvalue weighted by atomic mass is 16.4. The van der Waals surface area contributed by atoms with Gasteiger partial charge in [-0.1, -0.05) is 12.1 Å². The number of unbranched alkanes of at least 4 members (excludes halogenated alkanes) is 1. The van der Waals surface area contributed by atoms with Crippen LogP contribution in [-0.4, -0.2) is 211 Å². The molecule has 0 aliphatic carbocycles. The molecule has 0 aromatic heterocycles. The molecule has 6 amide bonds. The van der Waals surface area contributed by atoms with Crippen molar-refractivity contribution >= 4 is 53.3 Å². The predicted molar refractivity (Wildman–Crippen MR) is 249 cm³/mol. The zero-order chi connectivity index (χ0) is 49.4. The zero-order valence-corrected chi connectivity index (χ0v) is 38.8. The van der Waals surface area contributed by atoms with Crippen LogP contribution in [0.5, 0.6) is 5.75 Å². The largest absolute Gasteiger partial charge is 0.508 e. The number of guanidine groups is 1. The van der Waals surface area contributed by atoms with Gasteiger partial charge in [0.1, 0.15) is 29.9 Å². The Kier molecular flexibility index (Phi) is 23.2. The summed E-state index contributed by atoms with van der Waals surface area (Å²) in [5.41, 5.74) is 11.4. The number of phenolic OH excluding ortho intramolecular Hbond substituents is 1. The van der Waals surface area contributed by atoms with E-state index in [0.29, 0.717) is 44.6 Å². The van der Waals surface area contributed by atoms with Crippen LogP contribution in [0.15, 0.2) is 29.3 Å². The third-order valence-electron chi connectivity index (χ3n) is 12.0. The van der Waals surface area contributed by atoms with Crippen molar-refractivity contribution in [2.24, 2.45) is 16.5 Å². The predicted octanol–water partition coefficient (Wildman–Crippen LogP) is -3.69. The molecular weight excluding hydrogens is 887 g/mol. The smallest absolute Gasteiger partial charge is 0.317 e. The number of carbonyl (C=O) groups is 8. The standard InChI is InChI=1S/C44H71N13O11/c45-44(46)48-14-3-8-32-40(65)49-27-36(59)50-35(26-38(61)62)43(68)53-34(25-30-9-11-31(58)12-10-30)42(67)52-33(41(66)51-32)7-1-2-13-47-37(60)28-56-19-5-17-55-16-4-15-54(21-23-56)18-6-20-57(24-22-55)29-39(63)64/h9-12,32-35,58H,1-8,13-29H2,(H,47,60)(H,49,65)(H,50,59)(H,51,66)(H,52,67)(H,53,68)(H,61,62)(H,63,64)(H4,45,46,48)/t32-,33-,34+,35-/m0/s1. The Morgan fingerprint density at radius 1 is 0.632 bits per heavy atom. The lowest BCUT2D eigenvalue weighted by Gasteiger charge is -2.29. The number of fused-ring (bicyclic) bond motifs is 4. The molecule has 4 rings (SSSR count). The molecule has 3 saturated heterocycles. The molecule has 6 atom stereocenters. The first kappa shape index (κ1) is 54.5. The van der Waals surface area contributed by atoms with E-state index in [2.05, 4.69) is 51.6 Å². The molecule has 2 unspecified atom stereocenters. The van der Waals surface area contributed by atoms with Crippen LogP contribution in [-0.2, 0) is 44.8 Å². The number of aliphatic carboxylic acids is 2. The van der Waals surface area contributed by atoms with Gasteiger partial charge in [-0.3, -0.25) is 53.1 Å². The highest BCUT2D eigenvalue weighted by Gasteiger charge is 2.33. The molecule has 13 N–H and O–H groups in total. The van der Waals surface area contributed by atoms with Crippen LogP contribution in [0, 0.1) is 0 Å². The minimum Gasteiger partial charge on any atom is -0.508 e. The van der Waals surface area contributed by atoms with Gasteiger partial charge in [-0.15, -0.1) is 0 Å². The Hall–Kier alpha value is -6.11. The van der Waals surface area contributed by atoms with Gasteiger partial charge in [0.15, 0.2) is 5.96 Å². The molecule has 1 aromatic carbocycles. The van der Waals surface area contributed by atoms with Gasteiger partial charge in [-0.2, -0.15) is 0 Å². The van der Waals surface area contributed by atoms with E-state index in [1.54, 1.807) is 0 Å². The molecule has 378 valence electrons. The van der Waals surface area contributed by atoms with E-state index in [1.807, 2.05) is 4.90 Å². The molecule has 68 heavy (non-hydrogen) atoms. The van der Waals surface area contributed by atoms with Gasteiger partial charge in [0, 0.05) is 52.2 Å². The number of benzene rings is 1. The van der Waals surface area contributed by atoms with Gasteiger partial charge in [0.25, 0.3) is 0 Å². The number of carboxylic acids is 2. The van der Waals surface area contributed by atoms with Crippen molar-refractivity contribution in [2.45, 2.75) is 88.4 Å². The van der Waals surface area contributed by atoms with Crippen molar-refractivity contribution in [3.05, 3.63) is 29.8 Å². The number of carboxylic acid groups (broad SMARTS) is 2. The lowest BCUT2D eigenvalue weighted by Crippen LogP contribution is -2.58. The third-order valence-corrected chi connectivity index (χ3v) is 12.0. The van der Waals surface area contributed by atoms with Crippen LogP contribution in [0.1, 0.15) is 63.4 Å². The molecule has 2 bridgehead atoms. The summed E-state index contributed by atoms with van der Waals surface area (Å²) < 4.78 is 0. The van der Waals surface area contributed by atoms with Crippen molar-refractivity contribution < 1.29 is 53.7 Å². The van der Waals surface area contributed by atoms with E-state index in [4.69, 9.17) is 11.5 Å². The van der Waals surface area contributed by atoms with E-state index in [1.165, 1.54) is 24.3 Å². The molecule has 3 fully saturated rings. The number of amides is 6. The van der Waals surface area contributed by atoms with Crippen LogP contribution in [0.3, 0.4) is 0 Å². The fourth-order valence-electron chi connectivity index (χ4n) is 8.34. The van der Waals surface area contributed by atoms with Crippen molar-refractivity contribution in [3.8, 4) is 5.75 Å². The minimum absolute atomic E-state index is 0.0223. The Bertz CT molecular complexity index is 1880. The average molecular weight is 958 g/mol. The molecule has 24 heteroatoms. The van der Waals surface area contributed by atoms with Crippen molar-refractivity contribution in [1.82, 2.24) is 51.5 Å². The summed E-state index contributed by atoms with van der Waals surface area (Å²) in [5.74, 6) is -6.87. The highest BCUT2D eigenvalue weighted by Crippen LogP contribution is 2.14. The second-order valence-corrected chi connectivity index (χ2v) is 17.5. The normalized spacial score (nSPS) is 24.5. The Morgan fingerprint density at radius 3 is 1.78 bits per heavy atom. The number of nitrogens with two attached hydrogens (primary N) is 2. The number of rotatable bonds is 17. The van der Waals surface area contributed by atoms with Crippen LogP contribution in [0.4, 0.5) is 0 Å². The first-order valence-electron chi connectivity index (χ1n) is 23.5. The summed E-state index contributed by atoms with van der Waals surface area (Å²) in [6.07, 6.45) is 2.74. The number of hydrogen-bond donors (Lipinski definition) is 11. The van der Waals surface area contributed by atoms with E-state index in [-0.39, 0.29) is 69.5 Å². The van der Waals surface area contributed by atoms with Gasteiger partial charge in [0.2, 0.25) is 35.4 Å². The summed E-state index contributed by atoms with van der Waals surface area (Å²) in [6.45, 7) is 7.79. The van der Waals surface area contributed by atoms with Crippen LogP contribution < -0.4 is 43.4 Å². The van der Waals surface area contributed by atoms with E-state index in [0.717, 1.165) is 58.5 Å². The highest BCUT2D eigenvalue weighted by molar-refractivity contribution is 5.98. The van der Waals surface area contributed by atoms with Gasteiger partial charge in [-0.05, 0) is 102 Å². The van der Waals surface area contributed by atoms with Crippen LogP contribution >= 0.6 is 0 Å². The SMILES string of the molecule is NC(N)=NCCC[C@@H]1NC(=O)[C@H](CCCCNC(=O)CN2CCCN3CCCN(CCCN(CC(=O)O)CC3)CC2)NC(=O)[C@@H](Cc2ccc(O)cc2)NC(=O)[C@H](CC(=O)O)NC(=O)CNC1=O. The fourth-order valence-corrected chi connectivity index (χ4v) is 8.34. The van der Waals surface area contributed by atoms with Gasteiger partial charge in [-0.25, -0.2) is 0 Å². The molecule has 0 saturated carbocycles. The summed E-state index contributed by atoms with van der Waals surface area (Å²) in [7, 11) is 0. The van der Waals surface area contributed by atoms with Crippen molar-refractivity contribution in [1.29, 1.82) is 0 Å². The number of phenols is 1. The maximum Gasteiger partial charge on any atom is 0.317 e. The summed E-state index contributed by atoms with van der Waals surface area (Å²) in [4.78, 5) is 117. The number of aromatic hydroxyl groups is 1. The molecule has 24 nitrogen and oxygen atoms in total.